The second-order valence-electron chi connectivity index (χ2n) is 4.23. The van der Waals surface area contributed by atoms with Crippen molar-refractivity contribution in [2.24, 2.45) is 0 Å². The van der Waals surface area contributed by atoms with Gasteiger partial charge in [-0.05, 0) is 13.8 Å². The van der Waals surface area contributed by atoms with Crippen LogP contribution in [0.4, 0.5) is 0 Å². The van der Waals surface area contributed by atoms with E-state index in [1.54, 1.807) is 34.1 Å². The molecule has 0 aliphatic heterocycles. The summed E-state index contributed by atoms with van der Waals surface area (Å²) in [4.78, 5) is 8.49. The van der Waals surface area contributed by atoms with Crippen LogP contribution in [0.25, 0.3) is 0 Å². The van der Waals surface area contributed by atoms with Gasteiger partial charge in [-0.3, -0.25) is 0 Å². The summed E-state index contributed by atoms with van der Waals surface area (Å²) in [5.74, 6) is 2.41. The van der Waals surface area contributed by atoms with Gasteiger partial charge in [0.15, 0.2) is 10.2 Å². The van der Waals surface area contributed by atoms with Crippen molar-refractivity contribution < 1.29 is 0 Å². The van der Waals surface area contributed by atoms with Crippen molar-refractivity contribution in [2.45, 2.75) is 37.0 Å². The normalized spacial score (nSPS) is 11.1. The first kappa shape index (κ1) is 14.1. The van der Waals surface area contributed by atoms with E-state index in [1.807, 2.05) is 11.6 Å². The van der Waals surface area contributed by atoms with E-state index in [4.69, 9.17) is 0 Å². The fraction of sp³-hybridized carbons (Fsp3) is 0.455. The molecule has 0 atom stereocenters. The smallest absolute Gasteiger partial charge is 0.174 e. The zero-order valence-corrected chi connectivity index (χ0v) is 13.3. The Morgan fingerprint density at radius 2 is 2.24 bits per heavy atom. The average Bonchev–Trinajstić information content (AvgIpc) is 3.18. The molecule has 0 aliphatic rings. The van der Waals surface area contributed by atoms with Gasteiger partial charge in [-0.1, -0.05) is 23.1 Å². The van der Waals surface area contributed by atoms with Gasteiger partial charge in [0.25, 0.3) is 0 Å². The average molecular weight is 322 g/mol. The second-order valence-corrected chi connectivity index (χ2v) is 6.63. The molecule has 0 aromatic carbocycles. The molecule has 0 N–H and O–H groups in total. The molecule has 0 radical (unpaired) electrons. The Bertz CT molecular complexity index is 702. The highest BCUT2D eigenvalue weighted by Crippen LogP contribution is 2.25. The molecule has 3 heterocycles. The minimum absolute atomic E-state index is 0.530. The van der Waals surface area contributed by atoms with Gasteiger partial charge in [-0.2, -0.15) is 10.2 Å². The van der Waals surface area contributed by atoms with E-state index >= 15 is 0 Å². The maximum Gasteiger partial charge on any atom is 0.174 e. The van der Waals surface area contributed by atoms with Crippen LogP contribution in [0.5, 0.6) is 0 Å². The number of rotatable bonds is 6. The quantitative estimate of drug-likeness (QED) is 0.634. The molecule has 3 aromatic heterocycles. The highest BCUT2D eigenvalue weighted by molar-refractivity contribution is 8.00. The van der Waals surface area contributed by atoms with Gasteiger partial charge in [0, 0.05) is 6.54 Å². The maximum absolute atomic E-state index is 4.58. The number of hydrogen-bond donors (Lipinski definition) is 0. The highest BCUT2D eigenvalue weighted by Gasteiger charge is 2.11. The molecular weight excluding hydrogens is 308 g/mol. The van der Waals surface area contributed by atoms with Crippen molar-refractivity contribution in [1.29, 1.82) is 0 Å². The summed E-state index contributed by atoms with van der Waals surface area (Å²) >= 11 is 3.22. The molecule has 0 aliphatic carbocycles. The molecule has 21 heavy (non-hydrogen) atoms. The van der Waals surface area contributed by atoms with E-state index in [0.29, 0.717) is 6.54 Å². The zero-order valence-electron chi connectivity index (χ0n) is 11.7. The van der Waals surface area contributed by atoms with Gasteiger partial charge in [0.2, 0.25) is 0 Å². The Labute approximate surface area is 129 Å². The lowest BCUT2D eigenvalue weighted by atomic mass is 10.6. The molecule has 3 aromatic rings. The third kappa shape index (κ3) is 3.45. The molecular formula is C11H14N8S2. The number of hydrogen-bond acceptors (Lipinski definition) is 8. The Morgan fingerprint density at radius 3 is 2.90 bits per heavy atom. The summed E-state index contributed by atoms with van der Waals surface area (Å²) < 4.78 is 4.57. The van der Waals surface area contributed by atoms with Crippen LogP contribution in [0.15, 0.2) is 17.0 Å². The van der Waals surface area contributed by atoms with Gasteiger partial charge in [0.1, 0.15) is 30.0 Å². The standard InChI is InChI=1S/C11H14N8S2/c1-3-19-10(5-20-11-16-15-8(2)21-11)14-9(17-19)4-18-7-12-6-13-18/h6-7H,3-5H2,1-2H3. The third-order valence-corrected chi connectivity index (χ3v) is 4.66. The Kier molecular flexibility index (Phi) is 4.25. The number of thioether (sulfide) groups is 1. The molecule has 0 spiro atoms. The third-order valence-electron chi connectivity index (χ3n) is 2.69. The van der Waals surface area contributed by atoms with E-state index in [-0.39, 0.29) is 0 Å². The lowest BCUT2D eigenvalue weighted by Gasteiger charge is -1.99. The summed E-state index contributed by atoms with van der Waals surface area (Å²) in [5.41, 5.74) is 0. The molecule has 0 amide bonds. The van der Waals surface area contributed by atoms with Gasteiger partial charge in [-0.25, -0.2) is 19.3 Å². The summed E-state index contributed by atoms with van der Waals surface area (Å²) in [6.07, 6.45) is 3.16. The zero-order chi connectivity index (χ0) is 14.7. The first-order valence-corrected chi connectivity index (χ1v) is 8.22. The van der Waals surface area contributed by atoms with Gasteiger partial charge in [-0.15, -0.1) is 10.2 Å². The highest BCUT2D eigenvalue weighted by atomic mass is 32.2. The van der Waals surface area contributed by atoms with Gasteiger partial charge >= 0.3 is 0 Å². The van der Waals surface area contributed by atoms with Crippen LogP contribution in [0.3, 0.4) is 0 Å². The fourth-order valence-electron chi connectivity index (χ4n) is 1.78. The van der Waals surface area contributed by atoms with Crippen molar-refractivity contribution in [3.63, 3.8) is 0 Å². The van der Waals surface area contributed by atoms with E-state index in [1.165, 1.54) is 6.33 Å². The molecule has 10 heteroatoms. The Balaban J connectivity index is 1.70. The van der Waals surface area contributed by atoms with Crippen LogP contribution in [0, 0.1) is 6.92 Å². The summed E-state index contributed by atoms with van der Waals surface area (Å²) in [5, 5.41) is 17.7. The monoisotopic (exact) mass is 322 g/mol. The van der Waals surface area contributed by atoms with Crippen LogP contribution in [-0.4, -0.2) is 39.7 Å². The minimum atomic E-state index is 0.530. The predicted octanol–water partition coefficient (Wildman–Crippen LogP) is 1.39. The van der Waals surface area contributed by atoms with Crippen molar-refractivity contribution in [3.05, 3.63) is 29.3 Å². The first-order valence-electron chi connectivity index (χ1n) is 6.42. The van der Waals surface area contributed by atoms with Crippen molar-refractivity contribution in [1.82, 2.24) is 39.7 Å². The topological polar surface area (TPSA) is 87.2 Å². The Hall–Kier alpha value is -1.81. The molecule has 0 fully saturated rings. The van der Waals surface area contributed by atoms with Gasteiger partial charge < -0.3 is 0 Å². The largest absolute Gasteiger partial charge is 0.249 e. The second kappa shape index (κ2) is 6.31. The van der Waals surface area contributed by atoms with Crippen LogP contribution >= 0.6 is 23.1 Å². The van der Waals surface area contributed by atoms with E-state index in [2.05, 4.69) is 37.3 Å². The van der Waals surface area contributed by atoms with Crippen LogP contribution in [-0.2, 0) is 18.8 Å². The van der Waals surface area contributed by atoms with Crippen LogP contribution in [0.1, 0.15) is 23.6 Å². The summed E-state index contributed by atoms with van der Waals surface area (Å²) in [6, 6.07) is 0. The lowest BCUT2D eigenvalue weighted by molar-refractivity contribution is 0.604. The van der Waals surface area contributed by atoms with Crippen molar-refractivity contribution in [3.8, 4) is 0 Å². The van der Waals surface area contributed by atoms with Crippen molar-refractivity contribution >= 4 is 23.1 Å². The van der Waals surface area contributed by atoms with Gasteiger partial charge in [0.05, 0.1) is 5.75 Å². The van der Waals surface area contributed by atoms with Crippen molar-refractivity contribution in [2.75, 3.05) is 0 Å². The molecule has 0 saturated carbocycles. The number of nitrogens with zero attached hydrogens (tertiary/aromatic N) is 8. The lowest BCUT2D eigenvalue weighted by Crippen LogP contribution is -2.04. The molecule has 0 unspecified atom stereocenters. The molecule has 0 bridgehead atoms. The Morgan fingerprint density at radius 1 is 1.33 bits per heavy atom. The summed E-state index contributed by atoms with van der Waals surface area (Å²) in [7, 11) is 0. The van der Waals surface area contributed by atoms with Crippen LogP contribution < -0.4 is 0 Å². The molecule has 3 rings (SSSR count). The predicted molar refractivity (Wildman–Crippen MR) is 79.0 cm³/mol. The molecule has 110 valence electrons. The SMILES string of the molecule is CCn1nc(Cn2cncn2)nc1CSc1nnc(C)s1. The number of aromatic nitrogens is 8. The first-order chi connectivity index (χ1) is 10.2. The number of aryl methyl sites for hydroxylation is 2. The summed E-state index contributed by atoms with van der Waals surface area (Å²) in [6.45, 7) is 5.32. The molecule has 8 nitrogen and oxygen atoms in total. The van der Waals surface area contributed by atoms with E-state index in [0.717, 1.165) is 33.3 Å². The molecule has 0 saturated heterocycles. The van der Waals surface area contributed by atoms with E-state index < -0.39 is 0 Å². The van der Waals surface area contributed by atoms with Crippen LogP contribution in [0.2, 0.25) is 0 Å². The fourth-order valence-corrected chi connectivity index (χ4v) is 3.53. The minimum Gasteiger partial charge on any atom is -0.249 e. The maximum atomic E-state index is 4.58. The van der Waals surface area contributed by atoms with E-state index in [9.17, 15) is 0 Å².